The molecule has 3 aromatic heterocycles. The van der Waals surface area contributed by atoms with Crippen molar-refractivity contribution in [1.29, 1.82) is 0 Å². The molecular formula is C59H55BN2S2. The SMILES string of the molecule is CC(C)(C)c1ccc(Nc2cc3c(cc2-c2ccc4c5cc6sc7ccccc7c6cc5n5c4c2Bc2sc4ccc(C(C)(C)C)cc4c2-5)-c2ccc(C(C)(C)C)cc2C3(C)C)cc1. The van der Waals surface area contributed by atoms with Crippen molar-refractivity contribution in [3.8, 4) is 27.9 Å². The van der Waals surface area contributed by atoms with Gasteiger partial charge >= 0.3 is 0 Å². The van der Waals surface area contributed by atoms with E-state index in [0.717, 1.165) is 18.7 Å². The number of benzene rings is 7. The Morgan fingerprint density at radius 2 is 1.16 bits per heavy atom. The van der Waals surface area contributed by atoms with E-state index >= 15 is 0 Å². The van der Waals surface area contributed by atoms with Crippen LogP contribution in [0.2, 0.25) is 0 Å². The van der Waals surface area contributed by atoms with E-state index in [1.54, 1.807) is 0 Å². The molecule has 0 fully saturated rings. The summed E-state index contributed by atoms with van der Waals surface area (Å²) in [5.41, 5.74) is 19.9. The first-order valence-electron chi connectivity index (χ1n) is 23.0. The van der Waals surface area contributed by atoms with Gasteiger partial charge in [0.15, 0.2) is 0 Å². The van der Waals surface area contributed by atoms with Crippen LogP contribution in [0.1, 0.15) is 104 Å². The van der Waals surface area contributed by atoms with E-state index in [-0.39, 0.29) is 21.7 Å². The van der Waals surface area contributed by atoms with Gasteiger partial charge in [0.2, 0.25) is 7.28 Å². The van der Waals surface area contributed by atoms with Crippen LogP contribution in [0.3, 0.4) is 0 Å². The molecule has 2 nitrogen and oxygen atoms in total. The summed E-state index contributed by atoms with van der Waals surface area (Å²) in [5.74, 6) is 0. The van der Waals surface area contributed by atoms with Gasteiger partial charge in [0.05, 0.1) is 11.2 Å². The van der Waals surface area contributed by atoms with Gasteiger partial charge in [0, 0.05) is 68.9 Å². The van der Waals surface area contributed by atoms with Crippen LogP contribution in [0.25, 0.3) is 80.0 Å². The Morgan fingerprint density at radius 1 is 0.500 bits per heavy atom. The topological polar surface area (TPSA) is 17.0 Å². The minimum atomic E-state index is -0.156. The predicted octanol–water partition coefficient (Wildman–Crippen LogP) is 15.7. The summed E-state index contributed by atoms with van der Waals surface area (Å²) >= 11 is 3.89. The molecular weight excluding hydrogens is 812 g/mol. The van der Waals surface area contributed by atoms with Gasteiger partial charge < -0.3 is 9.88 Å². The maximum atomic E-state index is 4.03. The van der Waals surface area contributed by atoms with E-state index in [1.807, 2.05) is 22.7 Å². The smallest absolute Gasteiger partial charge is 0.211 e. The molecule has 0 atom stereocenters. The summed E-state index contributed by atoms with van der Waals surface area (Å²) in [7, 11) is 0.883. The van der Waals surface area contributed by atoms with Gasteiger partial charge in [0.1, 0.15) is 0 Å². The molecule has 0 amide bonds. The van der Waals surface area contributed by atoms with E-state index in [9.17, 15) is 0 Å². The van der Waals surface area contributed by atoms with E-state index in [4.69, 9.17) is 0 Å². The maximum absolute atomic E-state index is 4.03. The van der Waals surface area contributed by atoms with Crippen LogP contribution < -0.4 is 15.6 Å². The van der Waals surface area contributed by atoms with Gasteiger partial charge in [-0.25, -0.2) is 0 Å². The number of aromatic nitrogens is 1. The molecule has 0 bridgehead atoms. The van der Waals surface area contributed by atoms with E-state index < -0.39 is 0 Å². The second kappa shape index (κ2) is 13.2. The molecule has 1 N–H and O–H groups in total. The van der Waals surface area contributed by atoms with E-state index in [1.165, 1.54) is 118 Å². The number of rotatable bonds is 3. The normalized spacial score (nSPS) is 14.4. The molecule has 64 heavy (non-hydrogen) atoms. The highest BCUT2D eigenvalue weighted by atomic mass is 32.1. The fourth-order valence-electron chi connectivity index (χ4n) is 11.0. The number of nitrogens with zero attached hydrogens (tertiary/aromatic N) is 1. The van der Waals surface area contributed by atoms with Crippen molar-refractivity contribution in [1.82, 2.24) is 4.57 Å². The lowest BCUT2D eigenvalue weighted by molar-refractivity contribution is 0.584. The molecule has 0 saturated heterocycles. The molecule has 7 aromatic carbocycles. The highest BCUT2D eigenvalue weighted by Crippen LogP contribution is 2.53. The van der Waals surface area contributed by atoms with Crippen LogP contribution in [0.5, 0.6) is 0 Å². The quantitative estimate of drug-likeness (QED) is 0.175. The summed E-state index contributed by atoms with van der Waals surface area (Å²) in [5, 5.41) is 10.7. The van der Waals surface area contributed by atoms with Crippen LogP contribution in [0.4, 0.5) is 11.4 Å². The summed E-state index contributed by atoms with van der Waals surface area (Å²) in [4.78, 5) is 0. The lowest BCUT2D eigenvalue weighted by Gasteiger charge is -2.26. The molecule has 1 aliphatic carbocycles. The zero-order valence-corrected chi connectivity index (χ0v) is 40.7. The first-order valence-corrected chi connectivity index (χ1v) is 24.7. The van der Waals surface area contributed by atoms with Crippen molar-refractivity contribution in [3.05, 3.63) is 149 Å². The highest BCUT2D eigenvalue weighted by Gasteiger charge is 2.38. The Labute approximate surface area is 386 Å². The number of hydrogen-bond acceptors (Lipinski definition) is 3. The number of thiophene rings is 2. The van der Waals surface area contributed by atoms with Crippen LogP contribution in [0.15, 0.2) is 121 Å². The van der Waals surface area contributed by atoms with E-state index in [2.05, 4.69) is 207 Å². The van der Waals surface area contributed by atoms with Crippen LogP contribution in [-0.4, -0.2) is 11.8 Å². The Kier molecular flexibility index (Phi) is 8.26. The van der Waals surface area contributed by atoms with Gasteiger partial charge in [-0.1, -0.05) is 143 Å². The van der Waals surface area contributed by atoms with Crippen molar-refractivity contribution in [2.45, 2.75) is 97.8 Å². The van der Waals surface area contributed by atoms with Crippen molar-refractivity contribution >= 4 is 104 Å². The van der Waals surface area contributed by atoms with Gasteiger partial charge in [-0.2, -0.15) is 0 Å². The van der Waals surface area contributed by atoms with Crippen LogP contribution >= 0.6 is 22.7 Å². The number of fused-ring (bicyclic) bond motifs is 13. The third-order valence-corrected chi connectivity index (χ3v) is 17.0. The summed E-state index contributed by atoms with van der Waals surface area (Å²) < 4.78 is 8.16. The average Bonchev–Trinajstić information content (AvgIpc) is 3.95. The highest BCUT2D eigenvalue weighted by molar-refractivity contribution is 7.29. The molecule has 12 rings (SSSR count). The molecule has 0 saturated carbocycles. The van der Waals surface area contributed by atoms with Crippen molar-refractivity contribution in [2.24, 2.45) is 0 Å². The zero-order valence-electron chi connectivity index (χ0n) is 39.0. The Morgan fingerprint density at radius 3 is 1.91 bits per heavy atom. The molecule has 1 aliphatic heterocycles. The molecule has 5 heteroatoms. The minimum absolute atomic E-state index is 0.0458. The Hall–Kier alpha value is -5.62. The third kappa shape index (κ3) is 5.82. The standard InChI is InChI=1S/C59H55BN2S2/c1-56(2,3)32-16-20-35(21-17-32)61-47-31-46-40(36-22-18-34(58(7,8)9)27-45(36)59(46,10)11)28-41(47)38-23-24-39-42-30-51-43(37-14-12-13-15-49(37)63-51)29-48(42)62-53(39)52(38)60-55-54(62)44-26-33(57(4,5)6)19-25-50(44)64-55/h12-31,60-61H,1-11H3. The minimum Gasteiger partial charge on any atom is -0.355 e. The number of nitrogens with one attached hydrogen (secondary N) is 1. The van der Waals surface area contributed by atoms with Crippen LogP contribution in [0, 0.1) is 0 Å². The monoisotopic (exact) mass is 866 g/mol. The molecule has 0 radical (unpaired) electrons. The second-order valence-corrected chi connectivity index (χ2v) is 24.6. The van der Waals surface area contributed by atoms with Crippen molar-refractivity contribution in [2.75, 3.05) is 5.32 Å². The Bertz CT molecular complexity index is 3630. The first-order chi connectivity index (χ1) is 30.3. The molecule has 2 aliphatic rings. The predicted molar refractivity (Wildman–Crippen MR) is 284 cm³/mol. The molecule has 10 aromatic rings. The lowest BCUT2D eigenvalue weighted by Crippen LogP contribution is -2.35. The molecule has 316 valence electrons. The zero-order chi connectivity index (χ0) is 44.4. The number of anilines is 2. The molecule has 0 unspecified atom stereocenters. The fraction of sp³-hybridized carbons (Fsp3) is 0.254. The summed E-state index contributed by atoms with van der Waals surface area (Å²) in [6.07, 6.45) is 0. The number of hydrogen-bond donors (Lipinski definition) is 1. The average molecular weight is 867 g/mol. The second-order valence-electron chi connectivity index (χ2n) is 22.3. The van der Waals surface area contributed by atoms with Crippen LogP contribution in [-0.2, 0) is 21.7 Å². The largest absolute Gasteiger partial charge is 0.355 e. The summed E-state index contributed by atoms with van der Waals surface area (Å²) in [6, 6.07) is 47.4. The van der Waals surface area contributed by atoms with Crippen molar-refractivity contribution < 1.29 is 0 Å². The first kappa shape index (κ1) is 39.9. The lowest BCUT2D eigenvalue weighted by atomic mass is 9.63. The molecule has 0 spiro atoms. The van der Waals surface area contributed by atoms with Gasteiger partial charge in [-0.3, -0.25) is 0 Å². The van der Waals surface area contributed by atoms with Crippen molar-refractivity contribution in [3.63, 3.8) is 0 Å². The maximum Gasteiger partial charge on any atom is 0.211 e. The fourth-order valence-corrected chi connectivity index (χ4v) is 13.3. The Balaban J connectivity index is 1.15. The third-order valence-electron chi connectivity index (χ3n) is 14.7. The van der Waals surface area contributed by atoms with E-state index in [0.29, 0.717) is 0 Å². The van der Waals surface area contributed by atoms with Gasteiger partial charge in [-0.05, 0) is 126 Å². The molecule has 4 heterocycles. The summed E-state index contributed by atoms with van der Waals surface area (Å²) in [6.45, 7) is 25.7. The van der Waals surface area contributed by atoms with Gasteiger partial charge in [-0.15, -0.1) is 22.7 Å². The van der Waals surface area contributed by atoms with Gasteiger partial charge in [0.25, 0.3) is 0 Å².